The number of carbonyl (C=O) groups excluding carboxylic acids is 2. The third-order valence-corrected chi connectivity index (χ3v) is 5.35. The molecular weight excluding hydrogens is 358 g/mol. The summed E-state index contributed by atoms with van der Waals surface area (Å²) in [6, 6.07) is 6.01. The lowest BCUT2D eigenvalue weighted by atomic mass is 9.95. The van der Waals surface area contributed by atoms with E-state index in [0.29, 0.717) is 25.1 Å². The van der Waals surface area contributed by atoms with Crippen LogP contribution in [-0.2, 0) is 20.0 Å². The van der Waals surface area contributed by atoms with Crippen molar-refractivity contribution in [1.29, 1.82) is 0 Å². The van der Waals surface area contributed by atoms with Crippen molar-refractivity contribution in [3.05, 3.63) is 62.1 Å². The van der Waals surface area contributed by atoms with Gasteiger partial charge >= 0.3 is 0 Å². The van der Waals surface area contributed by atoms with Gasteiger partial charge in [-0.3, -0.25) is 14.4 Å². The van der Waals surface area contributed by atoms with Crippen LogP contribution in [0.2, 0.25) is 0 Å². The summed E-state index contributed by atoms with van der Waals surface area (Å²) in [6.45, 7) is 4.83. The lowest BCUT2D eigenvalue weighted by Crippen LogP contribution is -2.42. The zero-order chi connectivity index (χ0) is 20.7. The van der Waals surface area contributed by atoms with Crippen molar-refractivity contribution in [2.75, 3.05) is 20.6 Å². The third kappa shape index (κ3) is 3.17. The minimum Gasteiger partial charge on any atom is -0.502 e. The van der Waals surface area contributed by atoms with Crippen LogP contribution < -0.4 is 5.56 Å². The van der Waals surface area contributed by atoms with Crippen molar-refractivity contribution in [2.24, 2.45) is 7.05 Å². The fourth-order valence-electron chi connectivity index (χ4n) is 3.57. The Hall–Kier alpha value is -3.09. The highest BCUT2D eigenvalue weighted by Gasteiger charge is 2.34. The zero-order valence-electron chi connectivity index (χ0n) is 16.9. The molecule has 1 aromatic carbocycles. The first-order valence-corrected chi connectivity index (χ1v) is 9.15. The molecule has 2 heterocycles. The van der Waals surface area contributed by atoms with E-state index in [2.05, 4.69) is 0 Å². The first-order valence-electron chi connectivity index (χ1n) is 9.15. The number of aromatic hydroxyl groups is 1. The monoisotopic (exact) mass is 383 g/mol. The van der Waals surface area contributed by atoms with Gasteiger partial charge in [0, 0.05) is 39.8 Å². The number of benzene rings is 1. The lowest BCUT2D eigenvalue weighted by molar-refractivity contribution is 0.0720. The Morgan fingerprint density at radius 2 is 1.86 bits per heavy atom. The van der Waals surface area contributed by atoms with E-state index in [4.69, 9.17) is 0 Å². The van der Waals surface area contributed by atoms with Crippen LogP contribution in [0.1, 0.15) is 43.1 Å². The lowest BCUT2D eigenvalue weighted by Gasteiger charge is -2.31. The molecule has 0 fully saturated rings. The van der Waals surface area contributed by atoms with Crippen molar-refractivity contribution in [3.8, 4) is 5.75 Å². The Morgan fingerprint density at radius 1 is 1.18 bits per heavy atom. The first-order chi connectivity index (χ1) is 13.1. The molecule has 0 spiro atoms. The summed E-state index contributed by atoms with van der Waals surface area (Å²) in [5.74, 6) is -1.39. The predicted molar refractivity (Wildman–Crippen MR) is 106 cm³/mol. The van der Waals surface area contributed by atoms with Crippen molar-refractivity contribution in [3.63, 3.8) is 0 Å². The van der Waals surface area contributed by atoms with Crippen LogP contribution in [-0.4, -0.2) is 51.9 Å². The number of hydrogen-bond donors (Lipinski definition) is 1. The largest absolute Gasteiger partial charge is 0.502 e. The molecule has 7 heteroatoms. The van der Waals surface area contributed by atoms with E-state index in [-0.39, 0.29) is 17.2 Å². The maximum absolute atomic E-state index is 13.1. The number of hydrogen-bond acceptors (Lipinski definition) is 4. The SMILES string of the molecule is Cc1ccc(CN2CCc3c(c(O)c(=O)n(C)c3C(=O)N(C)C)C2=O)cc1C. The van der Waals surface area contributed by atoms with E-state index in [9.17, 15) is 19.5 Å². The number of aromatic nitrogens is 1. The molecule has 1 aliphatic heterocycles. The fourth-order valence-corrected chi connectivity index (χ4v) is 3.57. The van der Waals surface area contributed by atoms with E-state index < -0.39 is 17.2 Å². The van der Waals surface area contributed by atoms with E-state index >= 15 is 0 Å². The first kappa shape index (κ1) is 19.7. The van der Waals surface area contributed by atoms with Gasteiger partial charge in [-0.05, 0) is 37.0 Å². The Labute approximate surface area is 163 Å². The zero-order valence-corrected chi connectivity index (χ0v) is 16.9. The number of aryl methyl sites for hydroxylation is 2. The topological polar surface area (TPSA) is 82.8 Å². The van der Waals surface area contributed by atoms with Gasteiger partial charge in [-0.2, -0.15) is 0 Å². The van der Waals surface area contributed by atoms with Gasteiger partial charge in [0.05, 0.1) is 5.56 Å². The molecule has 0 bridgehead atoms. The third-order valence-electron chi connectivity index (χ3n) is 5.35. The summed E-state index contributed by atoms with van der Waals surface area (Å²) >= 11 is 0. The number of pyridine rings is 1. The second kappa shape index (κ2) is 7.14. The summed E-state index contributed by atoms with van der Waals surface area (Å²) in [4.78, 5) is 41.1. The molecule has 2 aromatic rings. The number of nitrogens with zero attached hydrogens (tertiary/aromatic N) is 3. The highest BCUT2D eigenvalue weighted by Crippen LogP contribution is 2.29. The highest BCUT2D eigenvalue weighted by atomic mass is 16.3. The summed E-state index contributed by atoms with van der Waals surface area (Å²) in [6.07, 6.45) is 0.391. The number of fused-ring (bicyclic) bond motifs is 1. The molecule has 148 valence electrons. The Morgan fingerprint density at radius 3 is 2.46 bits per heavy atom. The normalized spacial score (nSPS) is 13.5. The van der Waals surface area contributed by atoms with Crippen molar-refractivity contribution in [2.45, 2.75) is 26.8 Å². The summed E-state index contributed by atoms with van der Waals surface area (Å²) < 4.78 is 1.13. The molecule has 0 radical (unpaired) electrons. The minimum absolute atomic E-state index is 0.0524. The molecule has 0 saturated carbocycles. The summed E-state index contributed by atoms with van der Waals surface area (Å²) in [5.41, 5.74) is 3.08. The average molecular weight is 383 g/mol. The second-order valence-corrected chi connectivity index (χ2v) is 7.51. The van der Waals surface area contributed by atoms with E-state index in [1.807, 2.05) is 32.0 Å². The van der Waals surface area contributed by atoms with E-state index in [0.717, 1.165) is 15.7 Å². The Bertz CT molecular complexity index is 1040. The number of rotatable bonds is 3. The van der Waals surface area contributed by atoms with Crippen molar-refractivity contribution in [1.82, 2.24) is 14.4 Å². The predicted octanol–water partition coefficient (Wildman–Crippen LogP) is 1.61. The van der Waals surface area contributed by atoms with Crippen LogP contribution in [0, 0.1) is 13.8 Å². The second-order valence-electron chi connectivity index (χ2n) is 7.51. The molecule has 7 nitrogen and oxygen atoms in total. The molecule has 0 aliphatic carbocycles. The summed E-state index contributed by atoms with van der Waals surface area (Å²) in [5, 5.41) is 10.4. The van der Waals surface area contributed by atoms with E-state index in [1.165, 1.54) is 17.5 Å². The Kier molecular flexibility index (Phi) is 5.02. The van der Waals surface area contributed by atoms with Gasteiger partial charge in [-0.25, -0.2) is 0 Å². The van der Waals surface area contributed by atoms with Gasteiger partial charge in [0.25, 0.3) is 17.4 Å². The van der Waals surface area contributed by atoms with Crippen LogP contribution in [0.3, 0.4) is 0 Å². The van der Waals surface area contributed by atoms with Crippen LogP contribution in [0.25, 0.3) is 0 Å². The minimum atomic E-state index is -0.745. The number of carbonyl (C=O) groups is 2. The van der Waals surface area contributed by atoms with Gasteiger partial charge < -0.3 is 19.5 Å². The standard InChI is InChI=1S/C21H25N3O4/c1-12-6-7-14(10-13(12)2)11-24-9-8-15-16(19(24)26)18(25)21(28)23(5)17(15)20(27)22(3)4/h6-7,10,25H,8-9,11H2,1-5H3. The molecule has 0 saturated heterocycles. The van der Waals surface area contributed by atoms with Crippen LogP contribution in [0.4, 0.5) is 0 Å². The molecule has 1 aromatic heterocycles. The highest BCUT2D eigenvalue weighted by molar-refractivity contribution is 6.03. The van der Waals surface area contributed by atoms with Crippen LogP contribution in [0.15, 0.2) is 23.0 Å². The average Bonchev–Trinajstić information content (AvgIpc) is 2.64. The maximum Gasteiger partial charge on any atom is 0.293 e. The Balaban J connectivity index is 2.05. The smallest absolute Gasteiger partial charge is 0.293 e. The molecule has 3 rings (SSSR count). The van der Waals surface area contributed by atoms with Gasteiger partial charge in [-0.1, -0.05) is 18.2 Å². The van der Waals surface area contributed by atoms with Crippen LogP contribution >= 0.6 is 0 Å². The fraction of sp³-hybridized carbons (Fsp3) is 0.381. The number of amides is 2. The van der Waals surface area contributed by atoms with Crippen molar-refractivity contribution >= 4 is 11.8 Å². The van der Waals surface area contributed by atoms with Gasteiger partial charge in [0.1, 0.15) is 5.69 Å². The maximum atomic E-state index is 13.1. The van der Waals surface area contributed by atoms with Gasteiger partial charge in [-0.15, -0.1) is 0 Å². The molecule has 2 amide bonds. The van der Waals surface area contributed by atoms with Crippen LogP contribution in [0.5, 0.6) is 5.75 Å². The van der Waals surface area contributed by atoms with E-state index in [1.54, 1.807) is 19.0 Å². The van der Waals surface area contributed by atoms with Gasteiger partial charge in [0.15, 0.2) is 5.75 Å². The molecule has 0 atom stereocenters. The molecule has 0 unspecified atom stereocenters. The molecule has 1 aliphatic rings. The molecule has 1 N–H and O–H groups in total. The summed E-state index contributed by atoms with van der Waals surface area (Å²) in [7, 11) is 4.61. The van der Waals surface area contributed by atoms with Crippen molar-refractivity contribution < 1.29 is 14.7 Å². The molecular formula is C21H25N3O4. The molecule has 28 heavy (non-hydrogen) atoms. The quantitative estimate of drug-likeness (QED) is 0.873. The van der Waals surface area contributed by atoms with Gasteiger partial charge in [0.2, 0.25) is 0 Å².